The number of ether oxygens (including phenoxy) is 1. The lowest BCUT2D eigenvalue weighted by Crippen LogP contribution is -2.47. The normalized spacial score (nSPS) is 18.9. The summed E-state index contributed by atoms with van der Waals surface area (Å²) in [6.45, 7) is -0.261. The van der Waals surface area contributed by atoms with Gasteiger partial charge in [-0.2, -0.15) is 8.78 Å². The Morgan fingerprint density at radius 3 is 2.78 bits per heavy atom. The molecular formula is C16H23F2N3O2. The number of benzene rings is 1. The van der Waals surface area contributed by atoms with Crippen molar-refractivity contribution < 1.29 is 18.3 Å². The molecule has 7 heteroatoms. The van der Waals surface area contributed by atoms with Crippen LogP contribution < -0.4 is 15.4 Å². The highest BCUT2D eigenvalue weighted by Crippen LogP contribution is 2.14. The number of halogens is 2. The van der Waals surface area contributed by atoms with E-state index in [0.29, 0.717) is 19.1 Å². The van der Waals surface area contributed by atoms with E-state index < -0.39 is 6.61 Å². The van der Waals surface area contributed by atoms with E-state index in [0.717, 1.165) is 31.5 Å². The van der Waals surface area contributed by atoms with Crippen molar-refractivity contribution in [2.75, 3.05) is 26.7 Å². The Balaban J connectivity index is 1.73. The first-order valence-corrected chi connectivity index (χ1v) is 7.77. The van der Waals surface area contributed by atoms with Crippen LogP contribution in [0.15, 0.2) is 24.3 Å². The van der Waals surface area contributed by atoms with Crippen molar-refractivity contribution in [2.24, 2.45) is 0 Å². The molecule has 0 saturated carbocycles. The van der Waals surface area contributed by atoms with Gasteiger partial charge in [-0.1, -0.05) is 12.1 Å². The highest BCUT2D eigenvalue weighted by atomic mass is 19.3. The highest BCUT2D eigenvalue weighted by Gasteiger charge is 2.20. The van der Waals surface area contributed by atoms with E-state index in [9.17, 15) is 13.6 Å². The minimum atomic E-state index is -2.83. The summed E-state index contributed by atoms with van der Waals surface area (Å²) in [7, 11) is 1.94. The molecule has 2 N–H and O–H groups in total. The molecule has 5 nitrogen and oxygen atoms in total. The third-order valence-electron chi connectivity index (χ3n) is 3.92. The minimum absolute atomic E-state index is 0.0327. The van der Waals surface area contributed by atoms with E-state index in [1.807, 2.05) is 7.05 Å². The van der Waals surface area contributed by atoms with Crippen LogP contribution in [0.2, 0.25) is 0 Å². The number of piperidine rings is 1. The van der Waals surface area contributed by atoms with Crippen LogP contribution >= 0.6 is 0 Å². The Labute approximate surface area is 135 Å². The van der Waals surface area contributed by atoms with Gasteiger partial charge in [0.2, 0.25) is 5.91 Å². The lowest BCUT2D eigenvalue weighted by Gasteiger charge is -2.31. The number of nitrogens with zero attached hydrogens (tertiary/aromatic N) is 1. The highest BCUT2D eigenvalue weighted by molar-refractivity contribution is 5.78. The number of carbonyl (C=O) groups excluding carboxylic acids is 1. The first-order valence-electron chi connectivity index (χ1n) is 7.77. The summed E-state index contributed by atoms with van der Waals surface area (Å²) in [5.41, 5.74) is 0.840. The smallest absolute Gasteiger partial charge is 0.387 e. The molecule has 1 aromatic rings. The average molecular weight is 327 g/mol. The van der Waals surface area contributed by atoms with Crippen LogP contribution in [0.1, 0.15) is 18.4 Å². The standard InChI is InChI=1S/C16H23F2N3O2/c1-19-13-3-2-8-21(10-13)11-15(22)20-9-12-4-6-14(7-5-12)23-16(17)18/h4-7,13,16,19H,2-3,8-11H2,1H3,(H,20,22). The van der Waals surface area contributed by atoms with Gasteiger partial charge in [0.15, 0.2) is 0 Å². The van der Waals surface area contributed by atoms with Gasteiger partial charge in [0.05, 0.1) is 6.54 Å². The maximum atomic E-state index is 12.1. The molecule has 1 unspecified atom stereocenters. The van der Waals surface area contributed by atoms with Crippen molar-refractivity contribution in [3.63, 3.8) is 0 Å². The molecule has 2 rings (SSSR count). The number of hydrogen-bond donors (Lipinski definition) is 2. The zero-order valence-corrected chi connectivity index (χ0v) is 13.2. The maximum absolute atomic E-state index is 12.1. The summed E-state index contributed by atoms with van der Waals surface area (Å²) in [5.74, 6) is 0.0798. The van der Waals surface area contributed by atoms with Crippen molar-refractivity contribution in [3.05, 3.63) is 29.8 Å². The number of nitrogens with one attached hydrogen (secondary N) is 2. The van der Waals surface area contributed by atoms with E-state index in [1.165, 1.54) is 12.1 Å². The Morgan fingerprint density at radius 1 is 1.39 bits per heavy atom. The Hall–Kier alpha value is -1.73. The molecular weight excluding hydrogens is 304 g/mol. The predicted molar refractivity (Wildman–Crippen MR) is 83.4 cm³/mol. The number of alkyl halides is 2. The van der Waals surface area contributed by atoms with Gasteiger partial charge >= 0.3 is 6.61 Å². The quantitative estimate of drug-likeness (QED) is 0.799. The number of amides is 1. The largest absolute Gasteiger partial charge is 0.435 e. The molecule has 1 atom stereocenters. The molecule has 1 amide bonds. The Bertz CT molecular complexity index is 497. The number of hydrogen-bond acceptors (Lipinski definition) is 4. The van der Waals surface area contributed by atoms with Crippen LogP contribution in [0.4, 0.5) is 8.78 Å². The van der Waals surface area contributed by atoms with Crippen LogP contribution in [0.25, 0.3) is 0 Å². The molecule has 0 radical (unpaired) electrons. The fourth-order valence-electron chi connectivity index (χ4n) is 2.68. The number of carbonyl (C=O) groups is 1. The van der Waals surface area contributed by atoms with Crippen LogP contribution in [0, 0.1) is 0 Å². The fraction of sp³-hybridized carbons (Fsp3) is 0.562. The van der Waals surface area contributed by atoms with Gasteiger partial charge in [-0.05, 0) is 44.1 Å². The molecule has 1 aliphatic heterocycles. The van der Waals surface area contributed by atoms with Gasteiger partial charge in [0.25, 0.3) is 0 Å². The molecule has 1 aliphatic rings. The molecule has 23 heavy (non-hydrogen) atoms. The summed E-state index contributed by atoms with van der Waals surface area (Å²) >= 11 is 0. The van der Waals surface area contributed by atoms with Gasteiger partial charge in [0.1, 0.15) is 5.75 Å². The van der Waals surface area contributed by atoms with E-state index in [4.69, 9.17) is 0 Å². The van der Waals surface area contributed by atoms with Crippen molar-refractivity contribution >= 4 is 5.91 Å². The van der Waals surface area contributed by atoms with Gasteiger partial charge in [-0.25, -0.2) is 0 Å². The monoisotopic (exact) mass is 327 g/mol. The lowest BCUT2D eigenvalue weighted by atomic mass is 10.1. The van der Waals surface area contributed by atoms with E-state index in [2.05, 4.69) is 20.3 Å². The Morgan fingerprint density at radius 2 is 2.13 bits per heavy atom. The Kier molecular flexibility index (Phi) is 6.73. The zero-order valence-electron chi connectivity index (χ0n) is 13.2. The SMILES string of the molecule is CNC1CCCN(CC(=O)NCc2ccc(OC(F)F)cc2)C1. The molecule has 1 saturated heterocycles. The first kappa shape index (κ1) is 17.6. The van der Waals surface area contributed by atoms with Gasteiger partial charge in [-0.3, -0.25) is 9.69 Å². The van der Waals surface area contributed by atoms with Crippen molar-refractivity contribution in [1.29, 1.82) is 0 Å². The second-order valence-corrected chi connectivity index (χ2v) is 5.66. The number of likely N-dealkylation sites (N-methyl/N-ethyl adjacent to an activating group) is 1. The van der Waals surface area contributed by atoms with E-state index in [-0.39, 0.29) is 11.7 Å². The summed E-state index contributed by atoms with van der Waals surface area (Å²) in [6.07, 6.45) is 2.23. The van der Waals surface area contributed by atoms with Crippen LogP contribution in [-0.4, -0.2) is 50.1 Å². The first-order chi connectivity index (χ1) is 11.1. The van der Waals surface area contributed by atoms with Gasteiger partial charge < -0.3 is 15.4 Å². The second kappa shape index (κ2) is 8.79. The topological polar surface area (TPSA) is 53.6 Å². The van der Waals surface area contributed by atoms with E-state index in [1.54, 1.807) is 12.1 Å². The van der Waals surface area contributed by atoms with Crippen LogP contribution in [-0.2, 0) is 11.3 Å². The maximum Gasteiger partial charge on any atom is 0.387 e. The fourth-order valence-corrected chi connectivity index (χ4v) is 2.68. The van der Waals surface area contributed by atoms with Crippen LogP contribution in [0.3, 0.4) is 0 Å². The molecule has 1 fully saturated rings. The predicted octanol–water partition coefficient (Wildman–Crippen LogP) is 1.59. The summed E-state index contributed by atoms with van der Waals surface area (Å²) in [6, 6.07) is 6.70. The van der Waals surface area contributed by atoms with Crippen molar-refractivity contribution in [3.8, 4) is 5.75 Å². The third-order valence-corrected chi connectivity index (χ3v) is 3.92. The molecule has 128 valence electrons. The molecule has 0 bridgehead atoms. The average Bonchev–Trinajstić information content (AvgIpc) is 2.54. The molecule has 1 aromatic carbocycles. The van der Waals surface area contributed by atoms with Gasteiger partial charge in [-0.15, -0.1) is 0 Å². The van der Waals surface area contributed by atoms with Gasteiger partial charge in [0, 0.05) is 19.1 Å². The lowest BCUT2D eigenvalue weighted by molar-refractivity contribution is -0.122. The van der Waals surface area contributed by atoms with Crippen molar-refractivity contribution in [1.82, 2.24) is 15.5 Å². The number of likely N-dealkylation sites (tertiary alicyclic amines) is 1. The molecule has 0 aromatic heterocycles. The summed E-state index contributed by atoms with van der Waals surface area (Å²) in [4.78, 5) is 14.1. The third kappa shape index (κ3) is 6.11. The van der Waals surface area contributed by atoms with Crippen LogP contribution in [0.5, 0.6) is 5.75 Å². The van der Waals surface area contributed by atoms with E-state index >= 15 is 0 Å². The zero-order chi connectivity index (χ0) is 16.7. The second-order valence-electron chi connectivity index (χ2n) is 5.66. The summed E-state index contributed by atoms with van der Waals surface area (Å²) in [5, 5.41) is 6.09. The van der Waals surface area contributed by atoms with Crippen molar-refractivity contribution in [2.45, 2.75) is 32.0 Å². The minimum Gasteiger partial charge on any atom is -0.435 e. The molecule has 0 spiro atoms. The summed E-state index contributed by atoms with van der Waals surface area (Å²) < 4.78 is 28.4. The molecule has 1 heterocycles. The molecule has 0 aliphatic carbocycles. The number of rotatable bonds is 7.